The summed E-state index contributed by atoms with van der Waals surface area (Å²) in [7, 11) is 1.64. The Morgan fingerprint density at radius 2 is 2.05 bits per heavy atom. The first-order chi connectivity index (χ1) is 9.22. The molecule has 0 atom stereocenters. The lowest BCUT2D eigenvalue weighted by molar-refractivity contribution is 0.415. The van der Waals surface area contributed by atoms with Gasteiger partial charge in [-0.25, -0.2) is 4.98 Å². The normalized spacial score (nSPS) is 12.2. The van der Waals surface area contributed by atoms with Crippen LogP contribution in [-0.4, -0.2) is 12.1 Å². The second-order valence-corrected chi connectivity index (χ2v) is 4.56. The van der Waals surface area contributed by atoms with Crippen LogP contribution in [0.5, 0.6) is 5.75 Å². The van der Waals surface area contributed by atoms with Gasteiger partial charge in [0.15, 0.2) is 0 Å². The van der Waals surface area contributed by atoms with Crippen molar-refractivity contribution in [3.63, 3.8) is 0 Å². The predicted octanol–water partition coefficient (Wildman–Crippen LogP) is 2.31. The van der Waals surface area contributed by atoms with Crippen molar-refractivity contribution in [3.05, 3.63) is 41.0 Å². The molecule has 1 aromatic heterocycles. The van der Waals surface area contributed by atoms with E-state index in [1.165, 1.54) is 5.56 Å². The van der Waals surface area contributed by atoms with Gasteiger partial charge in [-0.15, -0.1) is 0 Å². The minimum atomic E-state index is 0.289. The number of benzene rings is 1. The third kappa shape index (κ3) is 1.80. The molecule has 0 saturated carbocycles. The number of fused-ring (bicyclic) bond motifs is 3. The highest BCUT2D eigenvalue weighted by atomic mass is 16.5. The Kier molecular flexibility index (Phi) is 2.60. The number of rotatable bonds is 1. The molecule has 1 heterocycles. The first kappa shape index (κ1) is 11.5. The molecular formula is C15H13N3O. The Labute approximate surface area is 111 Å². The highest BCUT2D eigenvalue weighted by molar-refractivity contribution is 5.73. The second kappa shape index (κ2) is 4.29. The van der Waals surface area contributed by atoms with Crippen LogP contribution < -0.4 is 10.5 Å². The maximum Gasteiger partial charge on any atom is 0.142 e. The van der Waals surface area contributed by atoms with Gasteiger partial charge < -0.3 is 10.5 Å². The van der Waals surface area contributed by atoms with E-state index in [4.69, 9.17) is 15.7 Å². The number of hydrogen-bond donors (Lipinski definition) is 1. The first-order valence-electron chi connectivity index (χ1n) is 6.09. The topological polar surface area (TPSA) is 71.9 Å². The second-order valence-electron chi connectivity index (χ2n) is 4.56. The average molecular weight is 251 g/mol. The van der Waals surface area contributed by atoms with Crippen LogP contribution in [0.25, 0.3) is 11.3 Å². The fraction of sp³-hybridized carbons (Fsp3) is 0.200. The molecule has 0 spiro atoms. The number of aryl methyl sites for hydroxylation is 2. The number of nitrogens with zero attached hydrogens (tertiary/aromatic N) is 2. The van der Waals surface area contributed by atoms with Crippen LogP contribution in [0.3, 0.4) is 0 Å². The number of anilines is 1. The summed E-state index contributed by atoms with van der Waals surface area (Å²) in [5.74, 6) is 1.09. The van der Waals surface area contributed by atoms with Gasteiger partial charge in [0.25, 0.3) is 0 Å². The van der Waals surface area contributed by atoms with Gasteiger partial charge in [0, 0.05) is 5.56 Å². The van der Waals surface area contributed by atoms with Crippen molar-refractivity contribution in [1.29, 1.82) is 5.26 Å². The summed E-state index contributed by atoms with van der Waals surface area (Å²) in [5, 5.41) is 9.01. The summed E-state index contributed by atoms with van der Waals surface area (Å²) >= 11 is 0. The van der Waals surface area contributed by atoms with Crippen molar-refractivity contribution in [2.24, 2.45) is 0 Å². The molecule has 1 aliphatic rings. The summed E-state index contributed by atoms with van der Waals surface area (Å²) in [6.45, 7) is 0. The van der Waals surface area contributed by atoms with Crippen molar-refractivity contribution in [1.82, 2.24) is 4.98 Å². The van der Waals surface area contributed by atoms with E-state index in [0.29, 0.717) is 5.56 Å². The first-order valence-corrected chi connectivity index (χ1v) is 6.09. The molecule has 0 bridgehead atoms. The van der Waals surface area contributed by atoms with Gasteiger partial charge in [-0.2, -0.15) is 5.26 Å². The lowest BCUT2D eigenvalue weighted by atomic mass is 9.88. The zero-order chi connectivity index (χ0) is 13.4. The monoisotopic (exact) mass is 251 g/mol. The standard InChI is InChI=1S/C15H13N3O/c1-19-12-5-4-9-2-3-10-6-11(8-16)15(17)18-14(10)13(9)7-12/h4-7H,2-3H2,1H3,(H2,17,18). The summed E-state index contributed by atoms with van der Waals surface area (Å²) in [6.07, 6.45) is 1.83. The van der Waals surface area contributed by atoms with Crippen molar-refractivity contribution in [2.75, 3.05) is 12.8 Å². The quantitative estimate of drug-likeness (QED) is 0.844. The maximum atomic E-state index is 9.01. The Balaban J connectivity index is 2.23. The largest absolute Gasteiger partial charge is 0.497 e. The molecule has 0 aliphatic heterocycles. The molecule has 94 valence electrons. The number of nitrogens with two attached hydrogens (primary N) is 1. The zero-order valence-electron chi connectivity index (χ0n) is 10.6. The maximum absolute atomic E-state index is 9.01. The van der Waals surface area contributed by atoms with Crippen molar-refractivity contribution in [2.45, 2.75) is 12.8 Å². The third-order valence-electron chi connectivity index (χ3n) is 3.49. The molecule has 0 unspecified atom stereocenters. The fourth-order valence-corrected chi connectivity index (χ4v) is 2.47. The molecular weight excluding hydrogens is 238 g/mol. The Hall–Kier alpha value is -2.54. The van der Waals surface area contributed by atoms with Crippen molar-refractivity contribution < 1.29 is 4.74 Å². The summed E-state index contributed by atoms with van der Waals surface area (Å²) in [6, 6.07) is 9.92. The molecule has 0 saturated heterocycles. The summed E-state index contributed by atoms with van der Waals surface area (Å²) in [5.41, 5.74) is 10.5. The van der Waals surface area contributed by atoms with Crippen LogP contribution >= 0.6 is 0 Å². The fourth-order valence-electron chi connectivity index (χ4n) is 2.47. The van der Waals surface area contributed by atoms with Crippen LogP contribution in [0.1, 0.15) is 16.7 Å². The average Bonchev–Trinajstić information content (AvgIpc) is 2.46. The lowest BCUT2D eigenvalue weighted by Gasteiger charge is -2.20. The summed E-state index contributed by atoms with van der Waals surface area (Å²) in [4.78, 5) is 4.40. The smallest absolute Gasteiger partial charge is 0.142 e. The number of pyridine rings is 1. The van der Waals surface area contributed by atoms with Gasteiger partial charge >= 0.3 is 0 Å². The molecule has 1 aromatic carbocycles. The van der Waals surface area contributed by atoms with Crippen LogP contribution in [0, 0.1) is 11.3 Å². The number of aromatic nitrogens is 1. The van der Waals surface area contributed by atoms with E-state index in [1.807, 2.05) is 18.2 Å². The van der Waals surface area contributed by atoms with E-state index in [9.17, 15) is 0 Å². The van der Waals surface area contributed by atoms with Gasteiger partial charge in [-0.3, -0.25) is 0 Å². The Morgan fingerprint density at radius 3 is 2.79 bits per heavy atom. The Bertz CT molecular complexity index is 701. The lowest BCUT2D eigenvalue weighted by Crippen LogP contribution is -2.09. The molecule has 1 aliphatic carbocycles. The minimum absolute atomic E-state index is 0.289. The van der Waals surface area contributed by atoms with Crippen molar-refractivity contribution >= 4 is 5.82 Å². The number of nitrogen functional groups attached to an aromatic ring is 1. The van der Waals surface area contributed by atoms with Crippen molar-refractivity contribution in [3.8, 4) is 23.1 Å². The number of methoxy groups -OCH3 is 1. The van der Waals surface area contributed by atoms with Gasteiger partial charge in [-0.05, 0) is 42.2 Å². The van der Waals surface area contributed by atoms with Crippen LogP contribution in [-0.2, 0) is 12.8 Å². The molecule has 2 aromatic rings. The molecule has 0 amide bonds. The Morgan fingerprint density at radius 1 is 1.26 bits per heavy atom. The van der Waals surface area contributed by atoms with Gasteiger partial charge in [0.05, 0.1) is 18.4 Å². The summed E-state index contributed by atoms with van der Waals surface area (Å²) < 4.78 is 5.26. The molecule has 2 N–H and O–H groups in total. The minimum Gasteiger partial charge on any atom is -0.497 e. The van der Waals surface area contributed by atoms with E-state index < -0.39 is 0 Å². The predicted molar refractivity (Wildman–Crippen MR) is 72.8 cm³/mol. The zero-order valence-corrected chi connectivity index (χ0v) is 10.6. The van der Waals surface area contributed by atoms with Crippen LogP contribution in [0.2, 0.25) is 0 Å². The SMILES string of the molecule is COc1ccc2c(c1)-c1nc(N)c(C#N)cc1CC2. The molecule has 4 nitrogen and oxygen atoms in total. The highest BCUT2D eigenvalue weighted by Crippen LogP contribution is 2.35. The van der Waals surface area contributed by atoms with Crippen LogP contribution in [0.4, 0.5) is 5.82 Å². The van der Waals surface area contributed by atoms with Gasteiger partial charge in [0.1, 0.15) is 17.6 Å². The van der Waals surface area contributed by atoms with E-state index in [1.54, 1.807) is 7.11 Å². The number of nitriles is 1. The molecule has 3 rings (SSSR count). The molecule has 4 heteroatoms. The molecule has 19 heavy (non-hydrogen) atoms. The van der Waals surface area contributed by atoms with E-state index in [0.717, 1.165) is 35.4 Å². The van der Waals surface area contributed by atoms with Gasteiger partial charge in [0.2, 0.25) is 0 Å². The highest BCUT2D eigenvalue weighted by Gasteiger charge is 2.20. The number of ether oxygens (including phenoxy) is 1. The van der Waals surface area contributed by atoms with E-state index in [2.05, 4.69) is 17.1 Å². The number of hydrogen-bond acceptors (Lipinski definition) is 4. The van der Waals surface area contributed by atoms with Crippen LogP contribution in [0.15, 0.2) is 24.3 Å². The van der Waals surface area contributed by atoms with E-state index >= 15 is 0 Å². The van der Waals surface area contributed by atoms with E-state index in [-0.39, 0.29) is 5.82 Å². The molecule has 0 fully saturated rings. The molecule has 0 radical (unpaired) electrons. The van der Waals surface area contributed by atoms with Gasteiger partial charge in [-0.1, -0.05) is 6.07 Å². The third-order valence-corrected chi connectivity index (χ3v) is 3.49.